The number of hydrogen-bond acceptors (Lipinski definition) is 4. The molecule has 2 bridgehead atoms. The highest BCUT2D eigenvalue weighted by Gasteiger charge is 2.72. The molecule has 3 aliphatic carbocycles. The van der Waals surface area contributed by atoms with Gasteiger partial charge in [0.05, 0.1) is 11.0 Å². The molecule has 2 heterocycles. The van der Waals surface area contributed by atoms with Gasteiger partial charge in [-0.3, -0.25) is 9.69 Å². The fourth-order valence-electron chi connectivity index (χ4n) is 6.41. The molecule has 3 fully saturated rings. The first kappa shape index (κ1) is 17.0. The summed E-state index contributed by atoms with van der Waals surface area (Å²) >= 11 is 0. The van der Waals surface area contributed by atoms with Crippen LogP contribution in [-0.2, 0) is 16.6 Å². The molecule has 5 heteroatoms. The number of carbonyl (C=O) groups excluding carboxylic acids is 1. The van der Waals surface area contributed by atoms with Gasteiger partial charge in [0, 0.05) is 24.6 Å². The standard InChI is InChI=1S/C21H25NO3.ClH/c1-12-2-5-14-10-16-21(24)7-6-15(23)19-20(21,17(14)18(12)25-19)8-9-22(16)11-13-3-4-13;/h2,5,13,16,19,24H,3-4,6-11H2,1H3;1H/t16-,19+,20+,21-;/m1./s1. The summed E-state index contributed by atoms with van der Waals surface area (Å²) < 4.78 is 6.29. The predicted molar refractivity (Wildman–Crippen MR) is 100 cm³/mol. The number of nitrogens with zero attached hydrogens (tertiary/aromatic N) is 1. The Morgan fingerprint density at radius 2 is 2.12 bits per heavy atom. The lowest BCUT2D eigenvalue weighted by atomic mass is 9.49. The van der Waals surface area contributed by atoms with Gasteiger partial charge in [-0.05, 0) is 62.6 Å². The van der Waals surface area contributed by atoms with Crippen LogP contribution in [0.1, 0.15) is 48.8 Å². The second-order valence-electron chi connectivity index (χ2n) is 9.01. The first-order valence-electron chi connectivity index (χ1n) is 9.83. The molecule has 5 aliphatic rings. The van der Waals surface area contributed by atoms with Gasteiger partial charge in [-0.2, -0.15) is 0 Å². The van der Waals surface area contributed by atoms with E-state index >= 15 is 0 Å². The summed E-state index contributed by atoms with van der Waals surface area (Å²) in [5.74, 6) is 1.89. The van der Waals surface area contributed by atoms with Crippen molar-refractivity contribution in [2.45, 2.75) is 68.6 Å². The van der Waals surface area contributed by atoms with Gasteiger partial charge >= 0.3 is 0 Å². The van der Waals surface area contributed by atoms with E-state index < -0.39 is 17.1 Å². The third-order valence-electron chi connectivity index (χ3n) is 7.78. The number of ether oxygens (including phenoxy) is 1. The zero-order valence-electron chi connectivity index (χ0n) is 15.2. The predicted octanol–water partition coefficient (Wildman–Crippen LogP) is 2.55. The van der Waals surface area contributed by atoms with E-state index in [-0.39, 0.29) is 24.2 Å². The van der Waals surface area contributed by atoms with Crippen LogP contribution in [0.2, 0.25) is 0 Å². The molecular formula is C21H26ClNO3. The van der Waals surface area contributed by atoms with Gasteiger partial charge in [0.1, 0.15) is 5.75 Å². The van der Waals surface area contributed by atoms with Crippen molar-refractivity contribution in [2.24, 2.45) is 5.92 Å². The maximum absolute atomic E-state index is 12.8. The van der Waals surface area contributed by atoms with Crippen LogP contribution in [0.5, 0.6) is 5.75 Å². The van der Waals surface area contributed by atoms with E-state index in [9.17, 15) is 9.90 Å². The Kier molecular flexibility index (Phi) is 3.43. The first-order chi connectivity index (χ1) is 12.0. The number of ketones is 1. The molecule has 2 saturated carbocycles. The van der Waals surface area contributed by atoms with Crippen molar-refractivity contribution in [1.29, 1.82) is 0 Å². The summed E-state index contributed by atoms with van der Waals surface area (Å²) in [4.78, 5) is 15.3. The number of halogens is 1. The van der Waals surface area contributed by atoms with Gasteiger partial charge in [-0.1, -0.05) is 12.1 Å². The molecular weight excluding hydrogens is 350 g/mol. The van der Waals surface area contributed by atoms with Crippen LogP contribution in [0.25, 0.3) is 0 Å². The highest BCUT2D eigenvalue weighted by Crippen LogP contribution is 2.64. The summed E-state index contributed by atoms with van der Waals surface area (Å²) in [5, 5.41) is 12.1. The van der Waals surface area contributed by atoms with Gasteiger partial charge in [-0.25, -0.2) is 0 Å². The smallest absolute Gasteiger partial charge is 0.174 e. The van der Waals surface area contributed by atoms with E-state index in [0.29, 0.717) is 12.8 Å². The number of rotatable bonds is 2. The maximum atomic E-state index is 12.8. The third kappa shape index (κ3) is 1.81. The Hall–Kier alpha value is -1.10. The number of Topliss-reactive ketones (excluding diaryl/α,β-unsaturated/α-hetero) is 1. The number of carbonyl (C=O) groups is 1. The van der Waals surface area contributed by atoms with Crippen molar-refractivity contribution >= 4 is 18.2 Å². The lowest BCUT2D eigenvalue weighted by molar-refractivity contribution is -0.188. The van der Waals surface area contributed by atoms with Crippen molar-refractivity contribution in [3.05, 3.63) is 28.8 Å². The van der Waals surface area contributed by atoms with E-state index in [1.807, 2.05) is 0 Å². The molecule has 0 aromatic heterocycles. The zero-order chi connectivity index (χ0) is 17.0. The highest BCUT2D eigenvalue weighted by atomic mass is 35.5. The van der Waals surface area contributed by atoms with Crippen LogP contribution in [0.4, 0.5) is 0 Å². The maximum Gasteiger partial charge on any atom is 0.174 e. The molecule has 1 aromatic carbocycles. The Bertz CT molecular complexity index is 807. The van der Waals surface area contributed by atoms with Crippen LogP contribution >= 0.6 is 12.4 Å². The Labute approximate surface area is 160 Å². The average molecular weight is 376 g/mol. The van der Waals surface area contributed by atoms with Crippen LogP contribution in [0, 0.1) is 12.8 Å². The summed E-state index contributed by atoms with van der Waals surface area (Å²) in [6.45, 7) is 4.14. The number of piperidine rings is 1. The molecule has 1 aromatic rings. The van der Waals surface area contributed by atoms with Crippen molar-refractivity contribution in [3.8, 4) is 5.75 Å². The van der Waals surface area contributed by atoms with Crippen molar-refractivity contribution < 1.29 is 14.6 Å². The molecule has 1 N–H and O–H groups in total. The minimum atomic E-state index is -0.829. The van der Waals surface area contributed by atoms with Gasteiger partial charge in [-0.15, -0.1) is 12.4 Å². The number of hydrogen-bond donors (Lipinski definition) is 1. The van der Waals surface area contributed by atoms with Crippen LogP contribution < -0.4 is 4.74 Å². The topological polar surface area (TPSA) is 49.8 Å². The molecule has 0 amide bonds. The second-order valence-corrected chi connectivity index (χ2v) is 9.01. The van der Waals surface area contributed by atoms with Gasteiger partial charge in [0.25, 0.3) is 0 Å². The fraction of sp³-hybridized carbons (Fsp3) is 0.667. The Morgan fingerprint density at radius 1 is 1.31 bits per heavy atom. The van der Waals surface area contributed by atoms with E-state index in [2.05, 4.69) is 24.0 Å². The van der Waals surface area contributed by atoms with E-state index in [0.717, 1.165) is 43.2 Å². The molecule has 1 saturated heterocycles. The van der Waals surface area contributed by atoms with Crippen LogP contribution in [0.3, 0.4) is 0 Å². The van der Waals surface area contributed by atoms with Crippen LogP contribution in [0.15, 0.2) is 12.1 Å². The Morgan fingerprint density at radius 3 is 2.88 bits per heavy atom. The molecule has 0 unspecified atom stereocenters. The fourth-order valence-corrected chi connectivity index (χ4v) is 6.41. The van der Waals surface area contributed by atoms with Crippen molar-refractivity contribution in [1.82, 2.24) is 4.90 Å². The molecule has 6 rings (SSSR count). The van der Waals surface area contributed by atoms with Crippen LogP contribution in [-0.4, -0.2) is 46.6 Å². The van der Waals surface area contributed by atoms with Crippen molar-refractivity contribution in [2.75, 3.05) is 13.1 Å². The summed E-state index contributed by atoms with van der Waals surface area (Å²) in [7, 11) is 0. The largest absolute Gasteiger partial charge is 0.481 e. The quantitative estimate of drug-likeness (QED) is 0.863. The Balaban J connectivity index is 0.00000150. The molecule has 140 valence electrons. The number of benzene rings is 1. The van der Waals surface area contributed by atoms with Crippen molar-refractivity contribution in [3.63, 3.8) is 0 Å². The first-order valence-corrected chi connectivity index (χ1v) is 9.83. The molecule has 26 heavy (non-hydrogen) atoms. The number of aryl methyl sites for hydroxylation is 1. The second kappa shape index (κ2) is 5.24. The van der Waals surface area contributed by atoms with Gasteiger partial charge in [0.15, 0.2) is 11.9 Å². The summed E-state index contributed by atoms with van der Waals surface area (Å²) in [5.41, 5.74) is 2.23. The molecule has 4 nitrogen and oxygen atoms in total. The molecule has 2 aliphatic heterocycles. The highest BCUT2D eigenvalue weighted by molar-refractivity contribution is 5.89. The minimum absolute atomic E-state index is 0. The minimum Gasteiger partial charge on any atom is -0.481 e. The zero-order valence-corrected chi connectivity index (χ0v) is 16.0. The molecule has 0 radical (unpaired) electrons. The number of likely N-dealkylation sites (tertiary alicyclic amines) is 1. The van der Waals surface area contributed by atoms with Gasteiger partial charge < -0.3 is 9.84 Å². The molecule has 1 spiro atoms. The summed E-state index contributed by atoms with van der Waals surface area (Å²) in [6.07, 6.45) is 4.94. The number of aliphatic hydroxyl groups is 1. The lowest BCUT2D eigenvalue weighted by Gasteiger charge is -2.62. The van der Waals surface area contributed by atoms with E-state index in [1.165, 1.54) is 24.0 Å². The normalized spacial score (nSPS) is 39.8. The average Bonchev–Trinajstić information content (AvgIpc) is 3.32. The van der Waals surface area contributed by atoms with Gasteiger partial charge in [0.2, 0.25) is 0 Å². The van der Waals surface area contributed by atoms with E-state index in [4.69, 9.17) is 4.74 Å². The third-order valence-corrected chi connectivity index (χ3v) is 7.78. The summed E-state index contributed by atoms with van der Waals surface area (Å²) in [6, 6.07) is 4.47. The van der Waals surface area contributed by atoms with E-state index in [1.54, 1.807) is 0 Å². The monoisotopic (exact) mass is 375 g/mol. The SMILES string of the molecule is Cc1ccc2c3c1O[C@H]1C(=O)CC[C@@]4(O)[C@@H](C2)N(CC2CC2)CC[C@]314.Cl. The lowest BCUT2D eigenvalue weighted by Crippen LogP contribution is -2.76. The molecule has 4 atom stereocenters.